The van der Waals surface area contributed by atoms with Crippen LogP contribution < -0.4 is 5.73 Å². The first kappa shape index (κ1) is 10.4. The molecule has 0 bridgehead atoms. The number of esters is 1. The molecule has 0 aromatic carbocycles. The highest BCUT2D eigenvalue weighted by Gasteiger charge is 2.13. The molecule has 3 nitrogen and oxygen atoms in total. The summed E-state index contributed by atoms with van der Waals surface area (Å²) < 4.78 is 4.48. The molecule has 1 atom stereocenters. The molecule has 11 heavy (non-hydrogen) atoms. The first-order valence-corrected chi connectivity index (χ1v) is 3.91. The Morgan fingerprint density at radius 2 is 2.00 bits per heavy atom. The van der Waals surface area contributed by atoms with Gasteiger partial charge in [0.2, 0.25) is 0 Å². The fourth-order valence-electron chi connectivity index (χ4n) is 0.782. The molecule has 0 aliphatic heterocycles. The summed E-state index contributed by atoms with van der Waals surface area (Å²) in [6.45, 7) is 4.20. The normalized spacial score (nSPS) is 13.2. The van der Waals surface area contributed by atoms with E-state index < -0.39 is 6.04 Å². The van der Waals surface area contributed by atoms with Gasteiger partial charge < -0.3 is 10.5 Å². The summed E-state index contributed by atoms with van der Waals surface area (Å²) in [6.07, 6.45) is 1.68. The van der Waals surface area contributed by atoms with Gasteiger partial charge in [-0.3, -0.25) is 4.79 Å². The Bertz CT molecular complexity index is 123. The van der Waals surface area contributed by atoms with Crippen LogP contribution in [0.4, 0.5) is 0 Å². The highest BCUT2D eigenvalue weighted by Crippen LogP contribution is 2.05. The average molecular weight is 159 g/mol. The summed E-state index contributed by atoms with van der Waals surface area (Å²) in [5, 5.41) is 0. The van der Waals surface area contributed by atoms with Crippen molar-refractivity contribution in [2.75, 3.05) is 7.11 Å². The highest BCUT2D eigenvalue weighted by atomic mass is 16.5. The number of methoxy groups -OCH3 is 1. The molecule has 2 N–H and O–H groups in total. The third-order valence-electron chi connectivity index (χ3n) is 1.56. The third-order valence-corrected chi connectivity index (χ3v) is 1.56. The van der Waals surface area contributed by atoms with Gasteiger partial charge in [-0.05, 0) is 18.8 Å². The van der Waals surface area contributed by atoms with Crippen LogP contribution in [0.15, 0.2) is 0 Å². The van der Waals surface area contributed by atoms with E-state index >= 15 is 0 Å². The van der Waals surface area contributed by atoms with Gasteiger partial charge in [-0.1, -0.05) is 13.8 Å². The fraction of sp³-hybridized carbons (Fsp3) is 0.875. The Hall–Kier alpha value is -0.570. The van der Waals surface area contributed by atoms with Crippen molar-refractivity contribution >= 4 is 5.97 Å². The van der Waals surface area contributed by atoms with Crippen molar-refractivity contribution in [3.8, 4) is 0 Å². The van der Waals surface area contributed by atoms with E-state index in [1.54, 1.807) is 0 Å². The molecule has 0 radical (unpaired) electrons. The Labute approximate surface area is 67.9 Å². The van der Waals surface area contributed by atoms with Gasteiger partial charge in [-0.15, -0.1) is 0 Å². The van der Waals surface area contributed by atoms with Gasteiger partial charge in [0.1, 0.15) is 6.04 Å². The Morgan fingerprint density at radius 3 is 2.36 bits per heavy atom. The molecular formula is C8H17NO2. The van der Waals surface area contributed by atoms with E-state index in [2.05, 4.69) is 18.6 Å². The molecule has 0 heterocycles. The summed E-state index contributed by atoms with van der Waals surface area (Å²) >= 11 is 0. The van der Waals surface area contributed by atoms with Crippen molar-refractivity contribution in [1.82, 2.24) is 0 Å². The molecule has 0 unspecified atom stereocenters. The standard InChI is InChI=1S/C8H17NO2/c1-6(2)4-5-7(9)8(10)11-3/h6-7H,4-5,9H2,1-3H3/t7-/m1/s1. The van der Waals surface area contributed by atoms with Gasteiger partial charge in [-0.25, -0.2) is 0 Å². The maximum atomic E-state index is 10.8. The summed E-state index contributed by atoms with van der Waals surface area (Å²) in [5.74, 6) is 0.274. The zero-order chi connectivity index (χ0) is 8.85. The second-order valence-electron chi connectivity index (χ2n) is 3.10. The summed E-state index contributed by atoms with van der Waals surface area (Å²) in [5.41, 5.74) is 5.50. The van der Waals surface area contributed by atoms with E-state index in [0.29, 0.717) is 12.3 Å². The lowest BCUT2D eigenvalue weighted by atomic mass is 10.0. The molecule has 0 fully saturated rings. The lowest BCUT2D eigenvalue weighted by Gasteiger charge is -2.09. The summed E-state index contributed by atoms with van der Waals surface area (Å²) in [4.78, 5) is 10.8. The Kier molecular flexibility index (Phi) is 4.86. The van der Waals surface area contributed by atoms with Crippen LogP contribution in [-0.2, 0) is 9.53 Å². The van der Waals surface area contributed by atoms with Crippen LogP contribution in [0.25, 0.3) is 0 Å². The highest BCUT2D eigenvalue weighted by molar-refractivity contribution is 5.75. The van der Waals surface area contributed by atoms with E-state index in [-0.39, 0.29) is 5.97 Å². The number of rotatable bonds is 4. The number of hydrogen-bond acceptors (Lipinski definition) is 3. The molecule has 0 aliphatic carbocycles. The number of hydrogen-bond donors (Lipinski definition) is 1. The van der Waals surface area contributed by atoms with E-state index in [0.717, 1.165) is 6.42 Å². The maximum absolute atomic E-state index is 10.8. The second-order valence-corrected chi connectivity index (χ2v) is 3.10. The van der Waals surface area contributed by atoms with Crippen molar-refractivity contribution in [1.29, 1.82) is 0 Å². The maximum Gasteiger partial charge on any atom is 0.322 e. The Morgan fingerprint density at radius 1 is 1.45 bits per heavy atom. The van der Waals surface area contributed by atoms with Crippen LogP contribution in [0.5, 0.6) is 0 Å². The quantitative estimate of drug-likeness (QED) is 0.621. The van der Waals surface area contributed by atoms with E-state index in [4.69, 9.17) is 5.73 Å². The molecule has 0 spiro atoms. The second kappa shape index (κ2) is 5.13. The zero-order valence-electron chi connectivity index (χ0n) is 7.46. The van der Waals surface area contributed by atoms with Crippen molar-refractivity contribution in [3.05, 3.63) is 0 Å². The van der Waals surface area contributed by atoms with E-state index in [9.17, 15) is 4.79 Å². The van der Waals surface area contributed by atoms with Gasteiger partial charge >= 0.3 is 5.97 Å². The van der Waals surface area contributed by atoms with Crippen molar-refractivity contribution in [3.63, 3.8) is 0 Å². The molecule has 0 aromatic heterocycles. The largest absolute Gasteiger partial charge is 0.468 e. The van der Waals surface area contributed by atoms with Gasteiger partial charge in [0.05, 0.1) is 7.11 Å². The Balaban J connectivity index is 3.52. The average Bonchev–Trinajstić information content (AvgIpc) is 1.98. The van der Waals surface area contributed by atoms with Crippen molar-refractivity contribution in [2.24, 2.45) is 11.7 Å². The van der Waals surface area contributed by atoms with Crippen LogP contribution in [-0.4, -0.2) is 19.1 Å². The van der Waals surface area contributed by atoms with Crippen molar-refractivity contribution < 1.29 is 9.53 Å². The predicted molar refractivity (Wildman–Crippen MR) is 44.1 cm³/mol. The van der Waals surface area contributed by atoms with Gasteiger partial charge in [0, 0.05) is 0 Å². The van der Waals surface area contributed by atoms with Gasteiger partial charge in [0.15, 0.2) is 0 Å². The molecule has 0 aliphatic rings. The van der Waals surface area contributed by atoms with E-state index in [1.165, 1.54) is 7.11 Å². The first-order chi connectivity index (χ1) is 5.07. The van der Waals surface area contributed by atoms with Gasteiger partial charge in [-0.2, -0.15) is 0 Å². The molecule has 0 saturated heterocycles. The number of ether oxygens (including phenoxy) is 1. The van der Waals surface area contributed by atoms with Crippen LogP contribution in [0.3, 0.4) is 0 Å². The molecule has 0 amide bonds. The number of nitrogens with two attached hydrogens (primary N) is 1. The predicted octanol–water partition coefficient (Wildman–Crippen LogP) is 0.923. The third kappa shape index (κ3) is 4.79. The minimum Gasteiger partial charge on any atom is -0.468 e. The van der Waals surface area contributed by atoms with Crippen LogP contribution in [0, 0.1) is 5.92 Å². The minimum atomic E-state index is -0.442. The molecule has 3 heteroatoms. The van der Waals surface area contributed by atoms with Crippen molar-refractivity contribution in [2.45, 2.75) is 32.7 Å². The lowest BCUT2D eigenvalue weighted by molar-refractivity contribution is -0.142. The summed E-state index contributed by atoms with van der Waals surface area (Å²) in [7, 11) is 1.36. The summed E-state index contributed by atoms with van der Waals surface area (Å²) in [6, 6.07) is -0.442. The monoisotopic (exact) mass is 159 g/mol. The van der Waals surface area contributed by atoms with Gasteiger partial charge in [0.25, 0.3) is 0 Å². The van der Waals surface area contributed by atoms with Crippen LogP contribution in [0.2, 0.25) is 0 Å². The topological polar surface area (TPSA) is 52.3 Å². The number of carbonyl (C=O) groups is 1. The first-order valence-electron chi connectivity index (χ1n) is 3.91. The van der Waals surface area contributed by atoms with Crippen LogP contribution in [0.1, 0.15) is 26.7 Å². The zero-order valence-corrected chi connectivity index (χ0v) is 7.46. The molecular weight excluding hydrogens is 142 g/mol. The molecule has 0 aromatic rings. The minimum absolute atomic E-state index is 0.314. The number of carbonyl (C=O) groups excluding carboxylic acids is 1. The fourth-order valence-corrected chi connectivity index (χ4v) is 0.782. The molecule has 66 valence electrons. The van der Waals surface area contributed by atoms with Crippen LogP contribution >= 0.6 is 0 Å². The van der Waals surface area contributed by atoms with E-state index in [1.807, 2.05) is 0 Å². The molecule has 0 saturated carbocycles. The molecule has 0 rings (SSSR count). The smallest absolute Gasteiger partial charge is 0.322 e. The lowest BCUT2D eigenvalue weighted by Crippen LogP contribution is -2.31. The SMILES string of the molecule is COC(=O)[C@H](N)CCC(C)C.